The van der Waals surface area contributed by atoms with Crippen LogP contribution < -0.4 is 15.2 Å². The third-order valence-corrected chi connectivity index (χ3v) is 3.70. The number of rotatable bonds is 5. The molecule has 0 bridgehead atoms. The summed E-state index contributed by atoms with van der Waals surface area (Å²) in [5, 5.41) is 0. The van der Waals surface area contributed by atoms with E-state index in [9.17, 15) is 8.42 Å². The average Bonchev–Trinajstić information content (AvgIpc) is 2.41. The van der Waals surface area contributed by atoms with Gasteiger partial charge >= 0.3 is 0 Å². The first-order chi connectivity index (χ1) is 9.51. The van der Waals surface area contributed by atoms with Crippen LogP contribution in [0.4, 0.5) is 11.6 Å². The predicted octanol–water partition coefficient (Wildman–Crippen LogP) is 1.26. The molecule has 20 heavy (non-hydrogen) atoms. The Morgan fingerprint density at radius 1 is 1.20 bits per heavy atom. The zero-order valence-electron chi connectivity index (χ0n) is 10.8. The minimum Gasteiger partial charge on any atom is -0.491 e. The lowest BCUT2D eigenvalue weighted by Crippen LogP contribution is -2.15. The van der Waals surface area contributed by atoms with Gasteiger partial charge in [0.25, 0.3) is 10.0 Å². The van der Waals surface area contributed by atoms with Gasteiger partial charge in [0.1, 0.15) is 0 Å². The summed E-state index contributed by atoms with van der Waals surface area (Å²) in [6, 6.07) is 5.83. The van der Waals surface area contributed by atoms with Crippen LogP contribution in [-0.2, 0) is 10.0 Å². The van der Waals surface area contributed by atoms with Crippen molar-refractivity contribution in [2.24, 2.45) is 0 Å². The third-order valence-electron chi connectivity index (χ3n) is 2.36. The van der Waals surface area contributed by atoms with Gasteiger partial charge in [-0.05, 0) is 31.2 Å². The van der Waals surface area contributed by atoms with Gasteiger partial charge in [-0.3, -0.25) is 0 Å². The van der Waals surface area contributed by atoms with E-state index in [0.29, 0.717) is 18.0 Å². The van der Waals surface area contributed by atoms with Crippen LogP contribution in [0.25, 0.3) is 0 Å². The highest BCUT2D eigenvalue weighted by atomic mass is 32.2. The molecule has 106 valence electrons. The number of sulfonamides is 1. The van der Waals surface area contributed by atoms with E-state index in [1.807, 2.05) is 6.92 Å². The Bertz CT molecular complexity index is 669. The Labute approximate surface area is 116 Å². The molecule has 2 rings (SSSR count). The van der Waals surface area contributed by atoms with Crippen LogP contribution in [0, 0.1) is 0 Å². The molecule has 0 aliphatic carbocycles. The minimum absolute atomic E-state index is 0.0229. The van der Waals surface area contributed by atoms with E-state index in [1.54, 1.807) is 0 Å². The number of hydrogen-bond donors (Lipinski definition) is 2. The molecule has 0 aliphatic heterocycles. The third kappa shape index (κ3) is 3.35. The standard InChI is InChI=1S/C12H14N4O3S/c1-2-19-10-7-14-12(15-8-10)16-20(17,18)11-5-3-9(13)4-6-11/h3-8H,2,13H2,1H3,(H,14,15,16). The quantitative estimate of drug-likeness (QED) is 0.804. The predicted molar refractivity (Wildman–Crippen MR) is 74.9 cm³/mol. The number of benzene rings is 1. The molecule has 0 aliphatic rings. The first-order valence-electron chi connectivity index (χ1n) is 5.84. The van der Waals surface area contributed by atoms with E-state index in [-0.39, 0.29) is 10.8 Å². The van der Waals surface area contributed by atoms with Crippen molar-refractivity contribution >= 4 is 21.7 Å². The number of ether oxygens (including phenoxy) is 1. The van der Waals surface area contributed by atoms with Gasteiger partial charge in [0.05, 0.1) is 23.9 Å². The molecule has 0 fully saturated rings. The summed E-state index contributed by atoms with van der Waals surface area (Å²) < 4.78 is 31.6. The van der Waals surface area contributed by atoms with Crippen molar-refractivity contribution in [1.29, 1.82) is 0 Å². The lowest BCUT2D eigenvalue weighted by Gasteiger charge is -2.07. The second-order valence-corrected chi connectivity index (χ2v) is 5.53. The maximum Gasteiger partial charge on any atom is 0.264 e. The molecular formula is C12H14N4O3S. The monoisotopic (exact) mass is 294 g/mol. The summed E-state index contributed by atoms with van der Waals surface area (Å²) >= 11 is 0. The molecule has 1 aromatic carbocycles. The number of nitrogens with one attached hydrogen (secondary N) is 1. The van der Waals surface area contributed by atoms with Crippen LogP contribution >= 0.6 is 0 Å². The molecule has 0 radical (unpaired) electrons. The highest BCUT2D eigenvalue weighted by Crippen LogP contribution is 2.15. The van der Waals surface area contributed by atoms with Crippen LogP contribution in [0.1, 0.15) is 6.92 Å². The van der Waals surface area contributed by atoms with Crippen molar-refractivity contribution in [2.45, 2.75) is 11.8 Å². The molecule has 0 atom stereocenters. The van der Waals surface area contributed by atoms with Gasteiger partial charge in [0.15, 0.2) is 5.75 Å². The van der Waals surface area contributed by atoms with Crippen molar-refractivity contribution in [1.82, 2.24) is 9.97 Å². The first-order valence-corrected chi connectivity index (χ1v) is 7.33. The van der Waals surface area contributed by atoms with Crippen molar-refractivity contribution in [2.75, 3.05) is 17.1 Å². The van der Waals surface area contributed by atoms with Crippen LogP contribution in [-0.4, -0.2) is 25.0 Å². The van der Waals surface area contributed by atoms with Crippen LogP contribution in [0.2, 0.25) is 0 Å². The second kappa shape index (κ2) is 5.74. The molecule has 0 unspecified atom stereocenters. The van der Waals surface area contributed by atoms with Gasteiger partial charge in [-0.1, -0.05) is 0 Å². The molecule has 1 heterocycles. The summed E-state index contributed by atoms with van der Waals surface area (Å²) in [5.74, 6) is 0.452. The van der Waals surface area contributed by atoms with E-state index in [0.717, 1.165) is 0 Å². The Morgan fingerprint density at radius 2 is 1.80 bits per heavy atom. The van der Waals surface area contributed by atoms with Gasteiger partial charge in [0, 0.05) is 5.69 Å². The molecule has 0 saturated heterocycles. The Hall–Kier alpha value is -2.35. The lowest BCUT2D eigenvalue weighted by molar-refractivity contribution is 0.337. The number of nitrogens with two attached hydrogens (primary N) is 1. The zero-order valence-corrected chi connectivity index (χ0v) is 11.6. The van der Waals surface area contributed by atoms with Crippen molar-refractivity contribution in [3.63, 3.8) is 0 Å². The normalized spacial score (nSPS) is 11.1. The summed E-state index contributed by atoms with van der Waals surface area (Å²) in [7, 11) is -3.73. The summed E-state index contributed by atoms with van der Waals surface area (Å²) in [6.07, 6.45) is 2.80. The van der Waals surface area contributed by atoms with E-state index in [1.165, 1.54) is 36.7 Å². The Balaban J connectivity index is 2.17. The Morgan fingerprint density at radius 3 is 2.35 bits per heavy atom. The number of nitrogens with zero attached hydrogens (tertiary/aromatic N) is 2. The SMILES string of the molecule is CCOc1cnc(NS(=O)(=O)c2ccc(N)cc2)nc1. The number of anilines is 2. The van der Waals surface area contributed by atoms with Gasteiger partial charge in [-0.2, -0.15) is 0 Å². The van der Waals surface area contributed by atoms with Gasteiger partial charge in [0.2, 0.25) is 5.95 Å². The molecule has 2 aromatic rings. The number of aromatic nitrogens is 2. The Kier molecular flexibility index (Phi) is 4.04. The van der Waals surface area contributed by atoms with Crippen molar-refractivity contribution in [3.8, 4) is 5.75 Å². The van der Waals surface area contributed by atoms with Crippen LogP contribution in [0.5, 0.6) is 5.75 Å². The smallest absolute Gasteiger partial charge is 0.264 e. The second-order valence-electron chi connectivity index (χ2n) is 3.85. The number of hydrogen-bond acceptors (Lipinski definition) is 6. The molecule has 8 heteroatoms. The molecular weight excluding hydrogens is 280 g/mol. The van der Waals surface area contributed by atoms with Gasteiger partial charge < -0.3 is 10.5 Å². The molecule has 3 N–H and O–H groups in total. The average molecular weight is 294 g/mol. The molecule has 0 spiro atoms. The summed E-state index contributed by atoms with van der Waals surface area (Å²) in [5.41, 5.74) is 6.00. The van der Waals surface area contributed by atoms with Crippen molar-refractivity contribution in [3.05, 3.63) is 36.7 Å². The van der Waals surface area contributed by atoms with Crippen LogP contribution in [0.15, 0.2) is 41.6 Å². The molecule has 7 nitrogen and oxygen atoms in total. The largest absolute Gasteiger partial charge is 0.491 e. The zero-order chi connectivity index (χ0) is 14.6. The number of nitrogen functional groups attached to an aromatic ring is 1. The topological polar surface area (TPSA) is 107 Å². The summed E-state index contributed by atoms with van der Waals surface area (Å²) in [6.45, 7) is 2.32. The van der Waals surface area contributed by atoms with E-state index in [2.05, 4.69) is 14.7 Å². The van der Waals surface area contributed by atoms with E-state index >= 15 is 0 Å². The highest BCUT2D eigenvalue weighted by molar-refractivity contribution is 7.92. The fourth-order valence-electron chi connectivity index (χ4n) is 1.44. The van der Waals surface area contributed by atoms with E-state index < -0.39 is 10.0 Å². The highest BCUT2D eigenvalue weighted by Gasteiger charge is 2.15. The van der Waals surface area contributed by atoms with Gasteiger partial charge in [-0.15, -0.1) is 0 Å². The first kappa shape index (κ1) is 14.1. The van der Waals surface area contributed by atoms with Gasteiger partial charge in [-0.25, -0.2) is 23.1 Å². The minimum atomic E-state index is -3.73. The molecule has 0 amide bonds. The maximum absolute atomic E-state index is 12.1. The van der Waals surface area contributed by atoms with Crippen LogP contribution in [0.3, 0.4) is 0 Å². The maximum atomic E-state index is 12.1. The van der Waals surface area contributed by atoms with Crippen molar-refractivity contribution < 1.29 is 13.2 Å². The fourth-order valence-corrected chi connectivity index (χ4v) is 2.39. The fraction of sp³-hybridized carbons (Fsp3) is 0.167. The molecule has 1 aromatic heterocycles. The molecule has 0 saturated carbocycles. The summed E-state index contributed by atoms with van der Waals surface area (Å²) in [4.78, 5) is 7.84. The lowest BCUT2D eigenvalue weighted by atomic mass is 10.3. The van der Waals surface area contributed by atoms with E-state index in [4.69, 9.17) is 10.5 Å².